The smallest absolute Gasteiger partial charge is 0.300 e. The van der Waals surface area contributed by atoms with E-state index in [4.69, 9.17) is 15.3 Å². The van der Waals surface area contributed by atoms with E-state index >= 15 is 0 Å². The number of rotatable bonds is 2. The molecular weight excluding hydrogens is 238 g/mol. The number of nitrogens with one attached hydrogen (secondary N) is 1. The van der Waals surface area contributed by atoms with E-state index in [1.54, 1.807) is 0 Å². The SMILES string of the molecule is C/C=C(/C(C)=N)c1ccccc1C.CC.CC(=O)O. The molecule has 1 aromatic rings. The molecule has 0 bridgehead atoms. The van der Waals surface area contributed by atoms with Crippen LogP contribution in [0.3, 0.4) is 0 Å². The quantitative estimate of drug-likeness (QED) is 0.769. The Hall–Kier alpha value is -1.90. The van der Waals surface area contributed by atoms with E-state index in [-0.39, 0.29) is 0 Å². The van der Waals surface area contributed by atoms with Gasteiger partial charge in [-0.3, -0.25) is 4.79 Å². The molecule has 0 aliphatic carbocycles. The standard InChI is InChI=1S/C12H15N.C2H4O2.C2H6/c1-4-11(10(3)13)12-8-6-5-7-9(12)2;1-2(3)4;1-2/h4-8,13H,1-3H3;1H3,(H,3,4);1-2H3/b11-4-,13-10?;;. The maximum absolute atomic E-state index is 9.00. The molecule has 0 fully saturated rings. The molecule has 0 saturated heterocycles. The molecular formula is C16H25NO2. The summed E-state index contributed by atoms with van der Waals surface area (Å²) in [4.78, 5) is 9.00. The van der Waals surface area contributed by atoms with E-state index in [9.17, 15) is 0 Å². The van der Waals surface area contributed by atoms with Gasteiger partial charge in [0.2, 0.25) is 0 Å². The lowest BCUT2D eigenvalue weighted by molar-refractivity contribution is -0.134. The lowest BCUT2D eigenvalue weighted by Gasteiger charge is -2.08. The van der Waals surface area contributed by atoms with Crippen molar-refractivity contribution < 1.29 is 9.90 Å². The number of carbonyl (C=O) groups is 1. The summed E-state index contributed by atoms with van der Waals surface area (Å²) < 4.78 is 0. The number of hydrogen-bond donors (Lipinski definition) is 2. The van der Waals surface area contributed by atoms with Gasteiger partial charge < -0.3 is 10.5 Å². The van der Waals surface area contributed by atoms with Gasteiger partial charge in [0.05, 0.1) is 0 Å². The van der Waals surface area contributed by atoms with Gasteiger partial charge in [0, 0.05) is 12.6 Å². The highest BCUT2D eigenvalue weighted by atomic mass is 16.4. The lowest BCUT2D eigenvalue weighted by Crippen LogP contribution is -1.96. The summed E-state index contributed by atoms with van der Waals surface area (Å²) in [5, 5.41) is 15.0. The van der Waals surface area contributed by atoms with Crippen molar-refractivity contribution in [3.63, 3.8) is 0 Å². The van der Waals surface area contributed by atoms with Crippen LogP contribution in [0.4, 0.5) is 0 Å². The highest BCUT2D eigenvalue weighted by Crippen LogP contribution is 2.19. The number of aliphatic carboxylic acids is 1. The molecule has 0 aromatic heterocycles. The van der Waals surface area contributed by atoms with Crippen molar-refractivity contribution in [1.29, 1.82) is 5.41 Å². The Balaban J connectivity index is 0. The summed E-state index contributed by atoms with van der Waals surface area (Å²) >= 11 is 0. The Morgan fingerprint density at radius 2 is 1.63 bits per heavy atom. The minimum absolute atomic E-state index is 0.622. The Morgan fingerprint density at radius 1 is 1.21 bits per heavy atom. The minimum atomic E-state index is -0.833. The third kappa shape index (κ3) is 8.77. The second-order valence-electron chi connectivity index (χ2n) is 3.66. The molecule has 2 N–H and O–H groups in total. The first kappa shape index (κ1) is 19.4. The van der Waals surface area contributed by atoms with Crippen molar-refractivity contribution in [2.75, 3.05) is 0 Å². The molecule has 0 heterocycles. The minimum Gasteiger partial charge on any atom is -0.481 e. The van der Waals surface area contributed by atoms with Crippen molar-refractivity contribution in [2.45, 2.75) is 41.5 Å². The summed E-state index contributed by atoms with van der Waals surface area (Å²) in [5.41, 5.74) is 4.04. The summed E-state index contributed by atoms with van der Waals surface area (Å²) in [5.74, 6) is -0.833. The van der Waals surface area contributed by atoms with Crippen LogP contribution >= 0.6 is 0 Å². The molecule has 0 spiro atoms. The Kier molecular flexibility index (Phi) is 11.5. The zero-order chi connectivity index (χ0) is 15.4. The largest absolute Gasteiger partial charge is 0.481 e. The van der Waals surface area contributed by atoms with Crippen molar-refractivity contribution in [3.8, 4) is 0 Å². The van der Waals surface area contributed by atoms with E-state index in [0.29, 0.717) is 5.71 Å². The van der Waals surface area contributed by atoms with Crippen LogP contribution in [0.1, 0.15) is 45.7 Å². The van der Waals surface area contributed by atoms with Gasteiger partial charge in [-0.05, 0) is 37.5 Å². The summed E-state index contributed by atoms with van der Waals surface area (Å²) in [7, 11) is 0. The van der Waals surface area contributed by atoms with E-state index in [0.717, 1.165) is 18.1 Å². The van der Waals surface area contributed by atoms with Gasteiger partial charge in [0.25, 0.3) is 5.97 Å². The maximum Gasteiger partial charge on any atom is 0.300 e. The molecule has 0 aliphatic heterocycles. The van der Waals surface area contributed by atoms with E-state index in [1.165, 1.54) is 5.56 Å². The van der Waals surface area contributed by atoms with Gasteiger partial charge in [-0.2, -0.15) is 0 Å². The van der Waals surface area contributed by atoms with Crippen LogP contribution < -0.4 is 0 Å². The first-order chi connectivity index (χ1) is 8.90. The summed E-state index contributed by atoms with van der Waals surface area (Å²) in [6.45, 7) is 10.9. The number of hydrogen-bond acceptors (Lipinski definition) is 2. The topological polar surface area (TPSA) is 61.2 Å². The van der Waals surface area contributed by atoms with E-state index < -0.39 is 5.97 Å². The van der Waals surface area contributed by atoms with Crippen LogP contribution in [0.5, 0.6) is 0 Å². The van der Waals surface area contributed by atoms with Crippen molar-refractivity contribution in [3.05, 3.63) is 41.5 Å². The van der Waals surface area contributed by atoms with Crippen LogP contribution in [-0.4, -0.2) is 16.8 Å². The van der Waals surface area contributed by atoms with Crippen LogP contribution in [-0.2, 0) is 4.79 Å². The molecule has 0 unspecified atom stereocenters. The van der Waals surface area contributed by atoms with Gasteiger partial charge in [0.15, 0.2) is 0 Å². The Morgan fingerprint density at radius 3 is 1.95 bits per heavy atom. The fraction of sp³-hybridized carbons (Fsp3) is 0.375. The predicted octanol–water partition coefficient (Wildman–Crippen LogP) is 4.56. The van der Waals surface area contributed by atoms with Gasteiger partial charge in [-0.25, -0.2) is 0 Å². The molecule has 0 atom stereocenters. The van der Waals surface area contributed by atoms with Crippen LogP contribution in [0.25, 0.3) is 5.57 Å². The predicted molar refractivity (Wildman–Crippen MR) is 82.9 cm³/mol. The summed E-state index contributed by atoms with van der Waals surface area (Å²) in [6, 6.07) is 8.16. The first-order valence-corrected chi connectivity index (χ1v) is 6.37. The molecule has 19 heavy (non-hydrogen) atoms. The number of carboxylic acids is 1. The third-order valence-corrected chi connectivity index (χ3v) is 2.13. The van der Waals surface area contributed by atoms with Crippen molar-refractivity contribution in [2.24, 2.45) is 0 Å². The fourth-order valence-corrected chi connectivity index (χ4v) is 1.45. The average Bonchev–Trinajstić information content (AvgIpc) is 2.34. The first-order valence-electron chi connectivity index (χ1n) is 6.37. The number of allylic oxidation sites excluding steroid dienone is 2. The second-order valence-corrected chi connectivity index (χ2v) is 3.66. The van der Waals surface area contributed by atoms with E-state index in [2.05, 4.69) is 19.1 Å². The molecule has 3 heteroatoms. The zero-order valence-electron chi connectivity index (χ0n) is 12.7. The third-order valence-electron chi connectivity index (χ3n) is 2.13. The van der Waals surface area contributed by atoms with Gasteiger partial charge >= 0.3 is 0 Å². The molecule has 1 aromatic carbocycles. The van der Waals surface area contributed by atoms with Crippen LogP contribution in [0.15, 0.2) is 30.3 Å². The molecule has 1 rings (SSSR count). The second kappa shape index (κ2) is 11.2. The highest BCUT2D eigenvalue weighted by molar-refractivity contribution is 6.21. The van der Waals surface area contributed by atoms with Crippen LogP contribution in [0.2, 0.25) is 0 Å². The van der Waals surface area contributed by atoms with Crippen molar-refractivity contribution >= 4 is 17.3 Å². The van der Waals surface area contributed by atoms with E-state index in [1.807, 2.05) is 45.9 Å². The fourth-order valence-electron chi connectivity index (χ4n) is 1.45. The number of benzene rings is 1. The summed E-state index contributed by atoms with van der Waals surface area (Å²) in [6.07, 6.45) is 1.99. The monoisotopic (exact) mass is 263 g/mol. The van der Waals surface area contributed by atoms with Gasteiger partial charge in [-0.15, -0.1) is 0 Å². The molecule has 106 valence electrons. The molecule has 0 saturated carbocycles. The molecule has 0 amide bonds. The van der Waals surface area contributed by atoms with Crippen molar-refractivity contribution in [1.82, 2.24) is 0 Å². The van der Waals surface area contributed by atoms with Gasteiger partial charge in [-0.1, -0.05) is 44.2 Å². The normalized spacial score (nSPS) is 9.47. The number of carboxylic acid groups (broad SMARTS) is 1. The highest BCUT2D eigenvalue weighted by Gasteiger charge is 2.04. The molecule has 0 aliphatic rings. The Bertz CT molecular complexity index is 430. The maximum atomic E-state index is 9.00. The molecule has 3 nitrogen and oxygen atoms in total. The Labute approximate surface area is 116 Å². The average molecular weight is 263 g/mol. The lowest BCUT2D eigenvalue weighted by atomic mass is 9.97. The van der Waals surface area contributed by atoms with Gasteiger partial charge in [0.1, 0.15) is 0 Å². The number of aryl methyl sites for hydroxylation is 1. The van der Waals surface area contributed by atoms with Crippen LogP contribution in [0, 0.1) is 12.3 Å². The molecule has 0 radical (unpaired) electrons. The zero-order valence-corrected chi connectivity index (χ0v) is 12.7.